The predicted molar refractivity (Wildman–Crippen MR) is 158 cm³/mol. The fourth-order valence-electron chi connectivity index (χ4n) is 4.04. The molecule has 0 aliphatic carbocycles. The van der Waals surface area contributed by atoms with Gasteiger partial charge >= 0.3 is 23.9 Å². The molecule has 0 aromatic heterocycles. The van der Waals surface area contributed by atoms with Crippen LogP contribution in [0.2, 0.25) is 0 Å². The summed E-state index contributed by atoms with van der Waals surface area (Å²) < 4.78 is 51.0. The molecule has 0 bridgehead atoms. The zero-order valence-electron chi connectivity index (χ0n) is 22.9. The quantitative estimate of drug-likeness (QED) is 0.112. The third-order valence-corrected chi connectivity index (χ3v) is 6.06. The number of hydrogen-bond acceptors (Lipinski definition) is 8. The van der Waals surface area contributed by atoms with E-state index in [-0.39, 0.29) is 39.1 Å². The molecule has 8 nitrogen and oxygen atoms in total. The van der Waals surface area contributed by atoms with Gasteiger partial charge in [0, 0.05) is 40.6 Å². The van der Waals surface area contributed by atoms with Crippen molar-refractivity contribution >= 4 is 34.6 Å². The Balaban J connectivity index is 1.95. The second-order valence-electron chi connectivity index (χ2n) is 8.81. The summed E-state index contributed by atoms with van der Waals surface area (Å²) in [5.74, 6) is -6.66. The topological polar surface area (TPSA) is 105 Å². The van der Waals surface area contributed by atoms with Gasteiger partial charge < -0.3 is 18.9 Å². The molecule has 0 saturated carbocycles. The van der Waals surface area contributed by atoms with Crippen LogP contribution in [0, 0.1) is 11.6 Å². The highest BCUT2D eigenvalue weighted by Crippen LogP contribution is 2.42. The Morgan fingerprint density at radius 1 is 0.500 bits per heavy atom. The van der Waals surface area contributed by atoms with Crippen LogP contribution >= 0.6 is 0 Å². The molecular weight excluding hydrogens is 574 g/mol. The first kappa shape index (κ1) is 30.8. The highest BCUT2D eigenvalue weighted by atomic mass is 19.2. The van der Waals surface area contributed by atoms with Crippen LogP contribution in [0.3, 0.4) is 0 Å². The summed E-state index contributed by atoms with van der Waals surface area (Å²) in [5.41, 5.74) is 0.817. The maximum Gasteiger partial charge on any atom is 0.335 e. The smallest absolute Gasteiger partial charge is 0.335 e. The predicted octanol–water partition coefficient (Wildman–Crippen LogP) is 6.82. The number of benzene rings is 4. The molecule has 0 heterocycles. The molecule has 44 heavy (non-hydrogen) atoms. The van der Waals surface area contributed by atoms with Gasteiger partial charge in [0.2, 0.25) is 5.82 Å². The Bertz CT molecular complexity index is 1870. The molecule has 0 radical (unpaired) electrons. The van der Waals surface area contributed by atoms with Crippen LogP contribution in [0.4, 0.5) is 8.78 Å². The normalized spacial score (nSPS) is 10.3. The Morgan fingerprint density at radius 2 is 0.955 bits per heavy atom. The van der Waals surface area contributed by atoms with Crippen LogP contribution in [0.15, 0.2) is 111 Å². The van der Waals surface area contributed by atoms with E-state index in [1.54, 1.807) is 18.2 Å². The van der Waals surface area contributed by atoms with Crippen molar-refractivity contribution in [1.29, 1.82) is 0 Å². The van der Waals surface area contributed by atoms with Crippen LogP contribution in [-0.2, 0) is 19.2 Å². The third-order valence-electron chi connectivity index (χ3n) is 6.06. The SMILES string of the molecule is C=CC(=O)Oc1ccc(-c2cc(OC(=O)C=C)c3cc(-c4ccc(OC(=O)C=C)c(F)c4F)cc(OC(=O)C=C)c3c2)cc1. The molecule has 4 aromatic carbocycles. The lowest BCUT2D eigenvalue weighted by Gasteiger charge is -2.16. The number of rotatable bonds is 10. The molecular formula is C34H22F2O8. The molecule has 4 rings (SSSR count). The number of carbonyl (C=O) groups excluding carboxylic acids is 4. The Hall–Kier alpha value is -6.16. The summed E-state index contributed by atoms with van der Waals surface area (Å²) in [6, 6.07) is 14.4. The number of ether oxygens (including phenoxy) is 4. The van der Waals surface area contributed by atoms with Gasteiger partial charge in [0.15, 0.2) is 11.6 Å². The monoisotopic (exact) mass is 596 g/mol. The molecule has 0 fully saturated rings. The summed E-state index contributed by atoms with van der Waals surface area (Å²) in [6.45, 7) is 13.4. The summed E-state index contributed by atoms with van der Waals surface area (Å²) >= 11 is 0. The van der Waals surface area contributed by atoms with Gasteiger partial charge in [0.05, 0.1) is 0 Å². The highest BCUT2D eigenvalue weighted by molar-refractivity contribution is 6.02. The number of esters is 4. The van der Waals surface area contributed by atoms with Gasteiger partial charge in [-0.25, -0.2) is 23.6 Å². The lowest BCUT2D eigenvalue weighted by molar-refractivity contribution is -0.130. The lowest BCUT2D eigenvalue weighted by Crippen LogP contribution is -2.07. The number of hydrogen-bond donors (Lipinski definition) is 0. The summed E-state index contributed by atoms with van der Waals surface area (Å²) in [7, 11) is 0. The molecule has 10 heteroatoms. The fraction of sp³-hybridized carbons (Fsp3) is 0. The highest BCUT2D eigenvalue weighted by Gasteiger charge is 2.21. The minimum atomic E-state index is -1.45. The van der Waals surface area contributed by atoms with Crippen molar-refractivity contribution < 1.29 is 46.9 Å². The van der Waals surface area contributed by atoms with E-state index in [1.807, 2.05) is 0 Å². The average Bonchev–Trinajstić information content (AvgIpc) is 3.03. The molecule has 0 aliphatic rings. The number of halogens is 2. The van der Waals surface area contributed by atoms with Crippen molar-refractivity contribution in [1.82, 2.24) is 0 Å². The minimum Gasteiger partial charge on any atom is -0.423 e. The van der Waals surface area contributed by atoms with E-state index in [0.29, 0.717) is 11.1 Å². The third kappa shape index (κ3) is 6.66. The van der Waals surface area contributed by atoms with E-state index in [1.165, 1.54) is 30.3 Å². The van der Waals surface area contributed by atoms with Crippen molar-refractivity contribution in [2.24, 2.45) is 0 Å². The van der Waals surface area contributed by atoms with Gasteiger partial charge in [0.25, 0.3) is 0 Å². The van der Waals surface area contributed by atoms with E-state index >= 15 is 4.39 Å². The maximum absolute atomic E-state index is 15.3. The standard InChI is InChI=1S/C34H22F2O8/c1-5-29(37)41-22-11-9-19(10-12-22)20-15-24-25(27(17-20)43-31(39)7-3)16-21(18-28(24)44-32(40)8-4)23-13-14-26(34(36)33(23)35)42-30(38)6-2/h5-18H,1-4H2. The molecule has 220 valence electrons. The van der Waals surface area contributed by atoms with Gasteiger partial charge in [-0.05, 0) is 65.2 Å². The molecule has 0 amide bonds. The van der Waals surface area contributed by atoms with Gasteiger partial charge in [-0.2, -0.15) is 4.39 Å². The van der Waals surface area contributed by atoms with Crippen molar-refractivity contribution in [2.45, 2.75) is 0 Å². The maximum atomic E-state index is 15.3. The minimum absolute atomic E-state index is 0.0272. The van der Waals surface area contributed by atoms with Crippen LogP contribution in [0.1, 0.15) is 0 Å². The van der Waals surface area contributed by atoms with Crippen LogP contribution in [-0.4, -0.2) is 23.9 Å². The van der Waals surface area contributed by atoms with E-state index in [4.69, 9.17) is 18.9 Å². The Morgan fingerprint density at radius 3 is 1.48 bits per heavy atom. The molecule has 0 atom stereocenters. The van der Waals surface area contributed by atoms with Gasteiger partial charge in [0.1, 0.15) is 17.2 Å². The zero-order chi connectivity index (χ0) is 32.0. The number of carbonyl (C=O) groups is 4. The average molecular weight is 597 g/mol. The zero-order valence-corrected chi connectivity index (χ0v) is 22.9. The van der Waals surface area contributed by atoms with E-state index in [2.05, 4.69) is 26.3 Å². The summed E-state index contributed by atoms with van der Waals surface area (Å²) in [4.78, 5) is 47.7. The van der Waals surface area contributed by atoms with E-state index in [9.17, 15) is 23.6 Å². The molecule has 0 saturated heterocycles. The fourth-order valence-corrected chi connectivity index (χ4v) is 4.04. The van der Waals surface area contributed by atoms with Crippen molar-refractivity contribution in [3.05, 3.63) is 123 Å². The molecule has 0 unspecified atom stereocenters. The van der Waals surface area contributed by atoms with Gasteiger partial charge in [-0.1, -0.05) is 38.4 Å². The first-order valence-electron chi connectivity index (χ1n) is 12.7. The first-order chi connectivity index (χ1) is 21.1. The summed E-state index contributed by atoms with van der Waals surface area (Å²) in [6.07, 6.45) is 3.65. The second kappa shape index (κ2) is 13.2. The lowest BCUT2D eigenvalue weighted by atomic mass is 9.95. The van der Waals surface area contributed by atoms with Crippen LogP contribution in [0.5, 0.6) is 23.0 Å². The first-order valence-corrected chi connectivity index (χ1v) is 12.7. The van der Waals surface area contributed by atoms with Crippen molar-refractivity contribution in [3.63, 3.8) is 0 Å². The van der Waals surface area contributed by atoms with Crippen LogP contribution in [0.25, 0.3) is 33.0 Å². The number of fused-ring (bicyclic) bond motifs is 1. The van der Waals surface area contributed by atoms with Crippen LogP contribution < -0.4 is 18.9 Å². The molecule has 0 N–H and O–H groups in total. The van der Waals surface area contributed by atoms with Crippen molar-refractivity contribution in [2.75, 3.05) is 0 Å². The molecule has 4 aromatic rings. The van der Waals surface area contributed by atoms with Gasteiger partial charge in [-0.3, -0.25) is 0 Å². The largest absolute Gasteiger partial charge is 0.423 e. The summed E-state index contributed by atoms with van der Waals surface area (Å²) in [5, 5.41) is 0.444. The van der Waals surface area contributed by atoms with Crippen molar-refractivity contribution in [3.8, 4) is 45.3 Å². The molecule has 0 aliphatic heterocycles. The van der Waals surface area contributed by atoms with E-state index < -0.39 is 41.3 Å². The second-order valence-corrected chi connectivity index (χ2v) is 8.81. The Labute approximate surface area is 249 Å². The van der Waals surface area contributed by atoms with Gasteiger partial charge in [-0.15, -0.1) is 0 Å². The molecule has 0 spiro atoms. The van der Waals surface area contributed by atoms with E-state index in [0.717, 1.165) is 36.4 Å². The Kier molecular flexibility index (Phi) is 9.25.